The van der Waals surface area contributed by atoms with Gasteiger partial charge >= 0.3 is 0 Å². The molecule has 3 rings (SSSR count). The number of H-pyrrole nitrogens is 1. The summed E-state index contributed by atoms with van der Waals surface area (Å²) >= 11 is 0. The first-order valence-corrected chi connectivity index (χ1v) is 8.54. The molecule has 132 valence electrons. The minimum atomic E-state index is -0.387. The topological polar surface area (TPSA) is 94.3 Å². The molecule has 1 aromatic heterocycles. The number of nitrogens with one attached hydrogen (secondary N) is 3. The van der Waals surface area contributed by atoms with Crippen LogP contribution >= 0.6 is 0 Å². The number of amides is 3. The predicted octanol–water partition coefficient (Wildman–Crippen LogP) is 1.26. The molecule has 0 bridgehead atoms. The molecule has 2 aromatic rings. The molecule has 3 N–H and O–H groups in total. The zero-order valence-electron chi connectivity index (χ0n) is 14.0. The predicted molar refractivity (Wildman–Crippen MR) is 93.3 cm³/mol. The summed E-state index contributed by atoms with van der Waals surface area (Å²) in [6.45, 7) is 0.571. The summed E-state index contributed by atoms with van der Waals surface area (Å²) in [6, 6.07) is 7.72. The number of rotatable bonds is 4. The lowest BCUT2D eigenvalue weighted by atomic mass is 10.1. The maximum atomic E-state index is 12.0. The highest BCUT2D eigenvalue weighted by atomic mass is 16.2. The van der Waals surface area contributed by atoms with E-state index < -0.39 is 0 Å². The smallest absolute Gasteiger partial charge is 0.257 e. The maximum Gasteiger partial charge on any atom is 0.257 e. The van der Waals surface area contributed by atoms with Crippen LogP contribution in [0.25, 0.3) is 10.9 Å². The van der Waals surface area contributed by atoms with Gasteiger partial charge in [-0.05, 0) is 24.5 Å². The number of likely N-dealkylation sites (tertiary alicyclic amines) is 1. The molecule has 0 spiro atoms. The van der Waals surface area contributed by atoms with E-state index >= 15 is 0 Å². The van der Waals surface area contributed by atoms with Crippen molar-refractivity contribution in [2.45, 2.75) is 32.1 Å². The first-order chi connectivity index (χ1) is 12.1. The quantitative estimate of drug-likeness (QED) is 0.730. The van der Waals surface area contributed by atoms with Gasteiger partial charge in [0.2, 0.25) is 11.8 Å². The van der Waals surface area contributed by atoms with E-state index in [2.05, 4.69) is 15.8 Å². The number of aromatic nitrogens is 1. The van der Waals surface area contributed by atoms with Crippen LogP contribution in [0.1, 0.15) is 31.2 Å². The Morgan fingerprint density at radius 2 is 1.88 bits per heavy atom. The molecule has 1 saturated heterocycles. The van der Waals surface area contributed by atoms with Crippen LogP contribution in [0.15, 0.2) is 30.5 Å². The summed E-state index contributed by atoms with van der Waals surface area (Å²) in [4.78, 5) is 40.6. The number of para-hydroxylation sites is 1. The summed E-state index contributed by atoms with van der Waals surface area (Å²) in [5, 5.41) is 0.985. The van der Waals surface area contributed by atoms with Crippen LogP contribution in [0.4, 0.5) is 0 Å². The third-order valence-electron chi connectivity index (χ3n) is 4.37. The number of nitrogens with zero attached hydrogens (tertiary/aromatic N) is 1. The van der Waals surface area contributed by atoms with Crippen molar-refractivity contribution in [2.24, 2.45) is 0 Å². The minimum absolute atomic E-state index is 0.00207. The van der Waals surface area contributed by atoms with Crippen LogP contribution in [0.5, 0.6) is 0 Å². The standard InChI is InChI=1S/C18H22N4O3/c23-16(10-13-11-19-15-7-4-3-6-14(13)15)20-21-17(24)12-22-9-5-1-2-8-18(22)25/h3-4,6-7,11,19H,1-2,5,8-10,12H2,(H,20,23)(H,21,24). The number of carbonyl (C=O) groups is 3. The van der Waals surface area contributed by atoms with Gasteiger partial charge in [0.1, 0.15) is 6.54 Å². The first-order valence-electron chi connectivity index (χ1n) is 8.54. The van der Waals surface area contributed by atoms with Crippen LogP contribution in [-0.2, 0) is 20.8 Å². The van der Waals surface area contributed by atoms with Gasteiger partial charge in [-0.1, -0.05) is 24.6 Å². The van der Waals surface area contributed by atoms with Gasteiger partial charge in [0, 0.05) is 30.1 Å². The molecular formula is C18H22N4O3. The Morgan fingerprint density at radius 1 is 1.08 bits per heavy atom. The number of hydrogen-bond donors (Lipinski definition) is 3. The van der Waals surface area contributed by atoms with E-state index in [9.17, 15) is 14.4 Å². The molecule has 7 nitrogen and oxygen atoms in total. The van der Waals surface area contributed by atoms with Crippen molar-refractivity contribution in [3.05, 3.63) is 36.0 Å². The Hall–Kier alpha value is -2.83. The lowest BCUT2D eigenvalue weighted by molar-refractivity contribution is -0.136. The van der Waals surface area contributed by atoms with Gasteiger partial charge in [-0.2, -0.15) is 0 Å². The van der Waals surface area contributed by atoms with E-state index in [-0.39, 0.29) is 30.7 Å². The van der Waals surface area contributed by atoms with E-state index in [1.807, 2.05) is 24.3 Å². The molecule has 0 saturated carbocycles. The fourth-order valence-corrected chi connectivity index (χ4v) is 3.05. The molecule has 1 fully saturated rings. The van der Waals surface area contributed by atoms with Gasteiger partial charge in [-0.25, -0.2) is 0 Å². The van der Waals surface area contributed by atoms with Gasteiger partial charge in [-0.15, -0.1) is 0 Å². The highest BCUT2D eigenvalue weighted by Gasteiger charge is 2.19. The van der Waals surface area contributed by atoms with Crippen molar-refractivity contribution in [2.75, 3.05) is 13.1 Å². The summed E-state index contributed by atoms with van der Waals surface area (Å²) in [7, 11) is 0. The van der Waals surface area contributed by atoms with E-state index in [4.69, 9.17) is 0 Å². The van der Waals surface area contributed by atoms with Gasteiger partial charge in [-0.3, -0.25) is 25.2 Å². The maximum absolute atomic E-state index is 12.0. The van der Waals surface area contributed by atoms with Gasteiger partial charge < -0.3 is 9.88 Å². The Bertz CT molecular complexity index is 783. The molecule has 1 aliphatic rings. The van der Waals surface area contributed by atoms with Gasteiger partial charge in [0.05, 0.1) is 6.42 Å². The Kier molecular flexibility index (Phi) is 5.33. The van der Waals surface area contributed by atoms with Crippen molar-refractivity contribution in [3.8, 4) is 0 Å². The van der Waals surface area contributed by atoms with E-state index in [0.717, 1.165) is 35.7 Å². The number of hydrogen-bond acceptors (Lipinski definition) is 3. The normalized spacial score (nSPS) is 15.0. The van der Waals surface area contributed by atoms with Crippen molar-refractivity contribution < 1.29 is 14.4 Å². The summed E-state index contributed by atoms with van der Waals surface area (Å²) < 4.78 is 0. The third kappa shape index (κ3) is 4.37. The second-order valence-electron chi connectivity index (χ2n) is 6.26. The average Bonchev–Trinajstić information content (AvgIpc) is 2.90. The molecule has 1 aromatic carbocycles. The first kappa shape index (κ1) is 17.0. The zero-order chi connectivity index (χ0) is 17.6. The molecule has 7 heteroatoms. The molecule has 0 unspecified atom stereocenters. The lowest BCUT2D eigenvalue weighted by Gasteiger charge is -2.19. The highest BCUT2D eigenvalue weighted by Crippen LogP contribution is 2.17. The molecule has 0 radical (unpaired) electrons. The summed E-state index contributed by atoms with van der Waals surface area (Å²) in [5.74, 6) is -0.694. The SMILES string of the molecule is O=C(Cc1c[nH]c2ccccc12)NNC(=O)CN1CCCCCC1=O. The van der Waals surface area contributed by atoms with E-state index in [0.29, 0.717) is 13.0 Å². The van der Waals surface area contributed by atoms with Gasteiger partial charge in [0.25, 0.3) is 5.91 Å². The molecule has 25 heavy (non-hydrogen) atoms. The van der Waals surface area contributed by atoms with Crippen LogP contribution in [-0.4, -0.2) is 40.7 Å². The third-order valence-corrected chi connectivity index (χ3v) is 4.37. The van der Waals surface area contributed by atoms with Gasteiger partial charge in [0.15, 0.2) is 0 Å². The van der Waals surface area contributed by atoms with Crippen molar-refractivity contribution in [3.63, 3.8) is 0 Å². The summed E-state index contributed by atoms with van der Waals surface area (Å²) in [5.41, 5.74) is 6.64. The Labute approximate surface area is 145 Å². The number of benzene rings is 1. The lowest BCUT2D eigenvalue weighted by Crippen LogP contribution is -2.48. The Morgan fingerprint density at radius 3 is 2.76 bits per heavy atom. The van der Waals surface area contributed by atoms with Crippen LogP contribution < -0.4 is 10.9 Å². The monoisotopic (exact) mass is 342 g/mol. The fourth-order valence-electron chi connectivity index (χ4n) is 3.05. The van der Waals surface area contributed by atoms with Crippen molar-refractivity contribution in [1.82, 2.24) is 20.7 Å². The summed E-state index contributed by atoms with van der Waals surface area (Å²) in [6.07, 6.45) is 5.23. The number of fused-ring (bicyclic) bond motifs is 1. The van der Waals surface area contributed by atoms with Crippen LogP contribution in [0.3, 0.4) is 0 Å². The van der Waals surface area contributed by atoms with E-state index in [1.165, 1.54) is 0 Å². The fraction of sp³-hybridized carbons (Fsp3) is 0.389. The largest absolute Gasteiger partial charge is 0.361 e. The number of aromatic amines is 1. The Balaban J connectivity index is 1.48. The molecule has 1 aliphatic heterocycles. The minimum Gasteiger partial charge on any atom is -0.361 e. The average molecular weight is 342 g/mol. The second-order valence-corrected chi connectivity index (χ2v) is 6.26. The zero-order valence-corrected chi connectivity index (χ0v) is 14.0. The molecular weight excluding hydrogens is 320 g/mol. The van der Waals surface area contributed by atoms with Crippen LogP contribution in [0, 0.1) is 0 Å². The molecule has 3 amide bonds. The number of hydrazine groups is 1. The van der Waals surface area contributed by atoms with E-state index in [1.54, 1.807) is 11.1 Å². The molecule has 0 aliphatic carbocycles. The van der Waals surface area contributed by atoms with Crippen LogP contribution in [0.2, 0.25) is 0 Å². The molecule has 0 atom stereocenters. The van der Waals surface area contributed by atoms with Crippen molar-refractivity contribution in [1.29, 1.82) is 0 Å². The highest BCUT2D eigenvalue weighted by molar-refractivity contribution is 5.90. The number of carbonyl (C=O) groups excluding carboxylic acids is 3. The second kappa shape index (κ2) is 7.83. The molecule has 2 heterocycles. The van der Waals surface area contributed by atoms with Crippen molar-refractivity contribution >= 4 is 28.6 Å².